The minimum Gasteiger partial charge on any atom is -0.399 e. The lowest BCUT2D eigenvalue weighted by atomic mass is 10.2. The van der Waals surface area contributed by atoms with E-state index in [2.05, 4.69) is 43.7 Å². The molecular formula is C17H18BrN5. The van der Waals surface area contributed by atoms with Crippen molar-refractivity contribution < 1.29 is 0 Å². The van der Waals surface area contributed by atoms with Crippen LogP contribution in [0.15, 0.2) is 40.9 Å². The van der Waals surface area contributed by atoms with Crippen molar-refractivity contribution in [2.45, 2.75) is 25.9 Å². The quantitative estimate of drug-likeness (QED) is 0.669. The summed E-state index contributed by atoms with van der Waals surface area (Å²) in [5.41, 5.74) is 10.7. The van der Waals surface area contributed by atoms with Gasteiger partial charge < -0.3 is 11.1 Å². The van der Waals surface area contributed by atoms with Crippen molar-refractivity contribution in [3.63, 3.8) is 0 Å². The molecule has 0 aliphatic heterocycles. The third kappa shape index (κ3) is 3.03. The van der Waals surface area contributed by atoms with E-state index >= 15 is 0 Å². The Morgan fingerprint density at radius 2 is 1.96 bits per heavy atom. The number of nitrogen functional groups attached to an aromatic ring is 1. The number of nitrogens with one attached hydrogen (secondary N) is 1. The molecule has 5 nitrogen and oxygen atoms in total. The summed E-state index contributed by atoms with van der Waals surface area (Å²) in [5.74, 6) is 0.780. The number of halogens is 1. The number of benzene rings is 2. The van der Waals surface area contributed by atoms with Crippen LogP contribution in [-0.2, 0) is 13.1 Å². The Hall–Kier alpha value is -2.08. The van der Waals surface area contributed by atoms with Gasteiger partial charge >= 0.3 is 0 Å². The highest BCUT2D eigenvalue weighted by Gasteiger charge is 2.23. The lowest BCUT2D eigenvalue weighted by Gasteiger charge is -2.09. The first-order chi connectivity index (χ1) is 11.2. The molecule has 1 aliphatic carbocycles. The molecule has 2 aromatic carbocycles. The summed E-state index contributed by atoms with van der Waals surface area (Å²) < 4.78 is 2.98. The first-order valence-electron chi connectivity index (χ1n) is 7.81. The Bertz CT molecular complexity index is 836. The number of nitrogens with zero attached hydrogens (tertiary/aromatic N) is 3. The van der Waals surface area contributed by atoms with E-state index < -0.39 is 0 Å². The van der Waals surface area contributed by atoms with Crippen LogP contribution in [0.1, 0.15) is 18.4 Å². The maximum absolute atomic E-state index is 5.72. The van der Waals surface area contributed by atoms with E-state index in [9.17, 15) is 0 Å². The van der Waals surface area contributed by atoms with Crippen LogP contribution >= 0.6 is 15.9 Å². The predicted molar refractivity (Wildman–Crippen MR) is 96.1 cm³/mol. The van der Waals surface area contributed by atoms with E-state index in [0.717, 1.165) is 45.9 Å². The summed E-state index contributed by atoms with van der Waals surface area (Å²) in [7, 11) is 0. The maximum Gasteiger partial charge on any atom is 0.129 e. The highest BCUT2D eigenvalue weighted by atomic mass is 79.9. The molecule has 1 saturated carbocycles. The van der Waals surface area contributed by atoms with Crippen molar-refractivity contribution in [2.75, 3.05) is 11.1 Å². The molecule has 1 fully saturated rings. The van der Waals surface area contributed by atoms with E-state index in [-0.39, 0.29) is 0 Å². The van der Waals surface area contributed by atoms with Crippen LogP contribution < -0.4 is 11.1 Å². The van der Waals surface area contributed by atoms with Gasteiger partial charge in [-0.3, -0.25) is 0 Å². The third-order valence-corrected chi connectivity index (χ3v) is 5.02. The lowest BCUT2D eigenvalue weighted by molar-refractivity contribution is 0.559. The lowest BCUT2D eigenvalue weighted by Crippen LogP contribution is -2.02. The van der Waals surface area contributed by atoms with Gasteiger partial charge in [-0.2, -0.15) is 0 Å². The first kappa shape index (κ1) is 14.5. The molecule has 3 N–H and O–H groups in total. The third-order valence-electron chi connectivity index (χ3n) is 4.22. The Morgan fingerprint density at radius 1 is 1.17 bits per heavy atom. The van der Waals surface area contributed by atoms with E-state index in [0.29, 0.717) is 0 Å². The minimum atomic E-state index is 0.737. The van der Waals surface area contributed by atoms with Gasteiger partial charge in [0.25, 0.3) is 0 Å². The average molecular weight is 372 g/mol. The fourth-order valence-electron chi connectivity index (χ4n) is 2.65. The Kier molecular flexibility index (Phi) is 3.69. The summed E-state index contributed by atoms with van der Waals surface area (Å²) in [6.07, 6.45) is 2.62. The predicted octanol–water partition coefficient (Wildman–Crippen LogP) is 3.80. The van der Waals surface area contributed by atoms with Gasteiger partial charge in [0.15, 0.2) is 0 Å². The molecule has 1 aromatic heterocycles. The van der Waals surface area contributed by atoms with E-state index in [4.69, 9.17) is 5.73 Å². The number of fused-ring (bicyclic) bond motifs is 1. The molecule has 6 heteroatoms. The van der Waals surface area contributed by atoms with Crippen LogP contribution in [-0.4, -0.2) is 15.0 Å². The zero-order chi connectivity index (χ0) is 15.8. The van der Waals surface area contributed by atoms with Crippen LogP contribution in [0.4, 0.5) is 11.4 Å². The number of nitrogens with two attached hydrogens (primary N) is 1. The maximum atomic E-state index is 5.72. The van der Waals surface area contributed by atoms with Crippen molar-refractivity contribution in [3.05, 3.63) is 46.4 Å². The minimum absolute atomic E-state index is 0.737. The van der Waals surface area contributed by atoms with Crippen LogP contribution in [0, 0.1) is 5.92 Å². The standard InChI is InChI=1S/C17H18BrN5/c18-16-14(20-9-11-3-5-13(19)6-4-11)7-8-15-17(16)21-22-23(15)10-12-1-2-12/h3-8,12,20H,1-2,9-10,19H2. The summed E-state index contributed by atoms with van der Waals surface area (Å²) in [6.45, 7) is 1.71. The SMILES string of the molecule is Nc1ccc(CNc2ccc3c(nnn3CC3CC3)c2Br)cc1. The summed E-state index contributed by atoms with van der Waals surface area (Å²) in [6, 6.07) is 12.1. The molecule has 0 spiro atoms. The highest BCUT2D eigenvalue weighted by Crippen LogP contribution is 2.34. The van der Waals surface area contributed by atoms with Gasteiger partial charge in [-0.1, -0.05) is 17.3 Å². The Balaban J connectivity index is 1.55. The van der Waals surface area contributed by atoms with Crippen molar-refractivity contribution in [2.24, 2.45) is 5.92 Å². The molecule has 0 unspecified atom stereocenters. The molecule has 4 rings (SSSR count). The molecule has 3 aromatic rings. The van der Waals surface area contributed by atoms with Gasteiger partial charge in [0.1, 0.15) is 5.52 Å². The normalized spacial score (nSPS) is 14.3. The van der Waals surface area contributed by atoms with Gasteiger partial charge in [-0.05, 0) is 64.5 Å². The highest BCUT2D eigenvalue weighted by molar-refractivity contribution is 9.10. The number of anilines is 2. The molecule has 118 valence electrons. The van der Waals surface area contributed by atoms with Crippen molar-refractivity contribution in [1.82, 2.24) is 15.0 Å². The Labute approximate surface area is 143 Å². The monoisotopic (exact) mass is 371 g/mol. The van der Waals surface area contributed by atoms with Gasteiger partial charge in [0.2, 0.25) is 0 Å². The number of hydrogen-bond acceptors (Lipinski definition) is 4. The molecule has 0 radical (unpaired) electrons. The molecule has 0 bridgehead atoms. The van der Waals surface area contributed by atoms with Gasteiger partial charge in [0.05, 0.1) is 15.7 Å². The second-order valence-electron chi connectivity index (χ2n) is 6.10. The largest absolute Gasteiger partial charge is 0.399 e. The van der Waals surface area contributed by atoms with E-state index in [1.165, 1.54) is 18.4 Å². The van der Waals surface area contributed by atoms with Crippen LogP contribution in [0.25, 0.3) is 11.0 Å². The molecular weight excluding hydrogens is 354 g/mol. The molecule has 1 aliphatic rings. The zero-order valence-electron chi connectivity index (χ0n) is 12.7. The van der Waals surface area contributed by atoms with Gasteiger partial charge in [0, 0.05) is 18.8 Å². The molecule has 0 saturated heterocycles. The van der Waals surface area contributed by atoms with E-state index in [1.54, 1.807) is 0 Å². The van der Waals surface area contributed by atoms with E-state index in [1.807, 2.05) is 28.9 Å². The van der Waals surface area contributed by atoms with Crippen LogP contribution in [0.5, 0.6) is 0 Å². The smallest absolute Gasteiger partial charge is 0.129 e. The fraction of sp³-hybridized carbons (Fsp3) is 0.294. The average Bonchev–Trinajstić information content (AvgIpc) is 3.28. The second-order valence-corrected chi connectivity index (χ2v) is 6.90. The zero-order valence-corrected chi connectivity index (χ0v) is 14.3. The first-order valence-corrected chi connectivity index (χ1v) is 8.60. The molecule has 0 atom stereocenters. The van der Waals surface area contributed by atoms with Crippen molar-refractivity contribution in [1.29, 1.82) is 0 Å². The molecule has 0 amide bonds. The molecule has 1 heterocycles. The summed E-state index contributed by atoms with van der Waals surface area (Å²) in [5, 5.41) is 12.1. The second kappa shape index (κ2) is 5.85. The van der Waals surface area contributed by atoms with Gasteiger partial charge in [-0.25, -0.2) is 4.68 Å². The van der Waals surface area contributed by atoms with Gasteiger partial charge in [-0.15, -0.1) is 5.10 Å². The topological polar surface area (TPSA) is 68.8 Å². The van der Waals surface area contributed by atoms with Crippen LogP contribution in [0.3, 0.4) is 0 Å². The molecule has 23 heavy (non-hydrogen) atoms. The summed E-state index contributed by atoms with van der Waals surface area (Å²) >= 11 is 3.66. The van der Waals surface area contributed by atoms with Crippen molar-refractivity contribution in [3.8, 4) is 0 Å². The Morgan fingerprint density at radius 3 is 2.70 bits per heavy atom. The number of aromatic nitrogens is 3. The number of hydrogen-bond donors (Lipinski definition) is 2. The van der Waals surface area contributed by atoms with Crippen molar-refractivity contribution >= 4 is 38.3 Å². The fourth-order valence-corrected chi connectivity index (χ4v) is 3.21. The number of rotatable bonds is 5. The van der Waals surface area contributed by atoms with Crippen LogP contribution in [0.2, 0.25) is 0 Å². The summed E-state index contributed by atoms with van der Waals surface area (Å²) in [4.78, 5) is 0.